The zero-order valence-electron chi connectivity index (χ0n) is 24.7. The maximum atomic E-state index is 12.2. The number of phenols is 1. The summed E-state index contributed by atoms with van der Waals surface area (Å²) in [7, 11) is 0. The third kappa shape index (κ3) is 7.41. The highest BCUT2D eigenvalue weighted by molar-refractivity contribution is 5.72. The molecule has 3 aromatic rings. The fourth-order valence-corrected chi connectivity index (χ4v) is 6.15. The predicted octanol–water partition coefficient (Wildman–Crippen LogP) is 5.58. The molecule has 1 aliphatic carbocycles. The van der Waals surface area contributed by atoms with E-state index in [0.29, 0.717) is 24.8 Å². The van der Waals surface area contributed by atoms with Crippen LogP contribution in [-0.2, 0) is 16.0 Å². The average Bonchev–Trinajstić information content (AvgIpc) is 2.95. The van der Waals surface area contributed by atoms with Gasteiger partial charge in [-0.05, 0) is 93.6 Å². The second-order valence-corrected chi connectivity index (χ2v) is 12.4. The Hall–Kier alpha value is -3.53. The molecule has 1 fully saturated rings. The Labute approximate surface area is 244 Å². The van der Waals surface area contributed by atoms with Crippen molar-refractivity contribution in [1.82, 2.24) is 9.80 Å². The van der Waals surface area contributed by atoms with Gasteiger partial charge >= 0.3 is 5.97 Å². The van der Waals surface area contributed by atoms with Gasteiger partial charge in [0.05, 0.1) is 6.54 Å². The highest BCUT2D eigenvalue weighted by atomic mass is 16.6. The summed E-state index contributed by atoms with van der Waals surface area (Å²) in [4.78, 5) is 16.8. The van der Waals surface area contributed by atoms with Crippen LogP contribution in [0.15, 0.2) is 60.7 Å². The zero-order chi connectivity index (χ0) is 29.0. The van der Waals surface area contributed by atoms with Gasteiger partial charge < -0.3 is 14.6 Å². The van der Waals surface area contributed by atoms with Crippen molar-refractivity contribution in [3.8, 4) is 11.5 Å². The maximum Gasteiger partial charge on any atom is 0.320 e. The fourth-order valence-electron chi connectivity index (χ4n) is 6.15. The van der Waals surface area contributed by atoms with Gasteiger partial charge in [-0.15, -0.1) is 0 Å². The van der Waals surface area contributed by atoms with Crippen LogP contribution in [-0.4, -0.2) is 71.8 Å². The molecular weight excluding hydrogens is 512 g/mol. The second kappa shape index (κ2) is 12.5. The minimum absolute atomic E-state index is 0.160. The zero-order valence-corrected chi connectivity index (χ0v) is 24.7. The number of hydrogen-bond acceptors (Lipinski definition) is 6. The Balaban J connectivity index is 1.19. The molecule has 0 saturated carbocycles. The monoisotopic (exact) mass is 554 g/mol. The lowest BCUT2D eigenvalue weighted by atomic mass is 9.69. The Kier molecular flexibility index (Phi) is 8.87. The summed E-state index contributed by atoms with van der Waals surface area (Å²) >= 11 is 0. The van der Waals surface area contributed by atoms with E-state index in [9.17, 15) is 9.90 Å². The van der Waals surface area contributed by atoms with Gasteiger partial charge in [-0.25, -0.2) is 0 Å². The molecule has 5 rings (SSSR count). The molecule has 0 spiro atoms. The molecule has 3 aromatic carbocycles. The van der Waals surface area contributed by atoms with Gasteiger partial charge in [-0.2, -0.15) is 0 Å². The Morgan fingerprint density at radius 1 is 1.07 bits per heavy atom. The van der Waals surface area contributed by atoms with Crippen LogP contribution in [0, 0.1) is 12.1 Å². The van der Waals surface area contributed by atoms with Crippen LogP contribution < -0.4 is 4.74 Å². The normalized spacial score (nSPS) is 20.5. The number of carbonyl (C=O) groups excluding carboxylic acids is 1. The fraction of sp³-hybridized carbons (Fsp3) is 0.457. The van der Waals surface area contributed by atoms with Crippen LogP contribution >= 0.6 is 0 Å². The molecule has 0 amide bonds. The van der Waals surface area contributed by atoms with Crippen LogP contribution in [0.1, 0.15) is 68.2 Å². The summed E-state index contributed by atoms with van der Waals surface area (Å²) in [6, 6.07) is 27.1. The topological polar surface area (TPSA) is 62.2 Å². The van der Waals surface area contributed by atoms with Gasteiger partial charge in [0.2, 0.25) is 0 Å². The van der Waals surface area contributed by atoms with Crippen molar-refractivity contribution in [1.29, 1.82) is 0 Å². The first kappa shape index (κ1) is 29.0. The summed E-state index contributed by atoms with van der Waals surface area (Å²) in [5, 5.41) is 10.1. The quantitative estimate of drug-likeness (QED) is 0.367. The van der Waals surface area contributed by atoms with Gasteiger partial charge in [0.15, 0.2) is 0 Å². The summed E-state index contributed by atoms with van der Waals surface area (Å²) in [5.74, 6) is 1.50. The minimum atomic E-state index is -0.450. The van der Waals surface area contributed by atoms with E-state index in [1.807, 2.05) is 39.0 Å². The Morgan fingerprint density at radius 3 is 2.51 bits per heavy atom. The van der Waals surface area contributed by atoms with Gasteiger partial charge in [0.25, 0.3) is 0 Å². The molecule has 1 saturated heterocycles. The van der Waals surface area contributed by atoms with Crippen LogP contribution in [0.5, 0.6) is 11.5 Å². The van der Waals surface area contributed by atoms with Gasteiger partial charge in [-0.1, -0.05) is 36.4 Å². The van der Waals surface area contributed by atoms with Crippen molar-refractivity contribution < 1.29 is 19.4 Å². The number of esters is 1. The highest BCUT2D eigenvalue weighted by Crippen LogP contribution is 2.46. The first-order chi connectivity index (χ1) is 19.7. The summed E-state index contributed by atoms with van der Waals surface area (Å²) in [6.07, 6.45) is 1.93. The van der Waals surface area contributed by atoms with Gasteiger partial charge in [-0.3, -0.25) is 14.6 Å². The van der Waals surface area contributed by atoms with E-state index in [1.165, 1.54) is 22.3 Å². The number of aryl methyl sites for hydroxylation is 1. The molecular formula is C35H42N2O4. The molecule has 0 aromatic heterocycles. The van der Waals surface area contributed by atoms with Gasteiger partial charge in [0.1, 0.15) is 23.7 Å². The smallest absolute Gasteiger partial charge is 0.320 e. The number of aromatic hydroxyl groups is 1. The van der Waals surface area contributed by atoms with E-state index in [2.05, 4.69) is 65.3 Å². The van der Waals surface area contributed by atoms with E-state index in [4.69, 9.17) is 9.47 Å². The van der Waals surface area contributed by atoms with Gasteiger partial charge in [0, 0.05) is 49.6 Å². The molecule has 1 aliphatic heterocycles. The number of hydrogen-bond donors (Lipinski definition) is 1. The van der Waals surface area contributed by atoms with E-state index < -0.39 is 5.60 Å². The maximum absolute atomic E-state index is 12.2. The number of benzene rings is 2. The second-order valence-electron chi connectivity index (χ2n) is 12.4. The number of piperazine rings is 1. The Bertz CT molecular complexity index is 1290. The summed E-state index contributed by atoms with van der Waals surface area (Å²) in [6.45, 7) is 12.3. The van der Waals surface area contributed by atoms with Crippen molar-refractivity contribution in [2.24, 2.45) is 0 Å². The number of ether oxygens (including phenoxy) is 2. The molecule has 6 nitrogen and oxygen atoms in total. The van der Waals surface area contributed by atoms with Crippen LogP contribution in [0.4, 0.5) is 0 Å². The molecule has 0 unspecified atom stereocenters. The van der Waals surface area contributed by atoms with Crippen LogP contribution in [0.3, 0.4) is 0 Å². The lowest BCUT2D eigenvalue weighted by Gasteiger charge is -2.37. The predicted molar refractivity (Wildman–Crippen MR) is 160 cm³/mol. The lowest BCUT2D eigenvalue weighted by molar-refractivity contribution is -0.156. The molecule has 2 aliphatic rings. The van der Waals surface area contributed by atoms with E-state index in [-0.39, 0.29) is 17.9 Å². The summed E-state index contributed by atoms with van der Waals surface area (Å²) in [5.41, 5.74) is 4.45. The first-order valence-corrected chi connectivity index (χ1v) is 14.8. The van der Waals surface area contributed by atoms with Crippen molar-refractivity contribution in [3.63, 3.8) is 0 Å². The Morgan fingerprint density at radius 2 is 1.83 bits per heavy atom. The molecule has 6 heteroatoms. The van der Waals surface area contributed by atoms with Crippen LogP contribution in [0.2, 0.25) is 0 Å². The van der Waals surface area contributed by atoms with E-state index >= 15 is 0 Å². The molecule has 3 atom stereocenters. The largest absolute Gasteiger partial charge is 0.508 e. The molecule has 1 N–H and O–H groups in total. The lowest BCUT2D eigenvalue weighted by Crippen LogP contribution is -2.52. The minimum Gasteiger partial charge on any atom is -0.508 e. The third-order valence-corrected chi connectivity index (χ3v) is 8.19. The SMILES string of the molecule is C[C@H](COc1ccc([C@@H]2c3ccc(O)cc3CC[C@@H]2c2c#cccc2)cc1)N1CCN(CC(=O)OC(C)(C)C)CC1. The standard InChI is InChI=1S/C35H42N2O4/c1-25(37-20-18-36(19-21-37)23-33(39)41-35(2,3)4)24-40-30-14-10-27(11-15-30)34-31(26-8-6-5-7-9-26)16-12-28-22-29(38)13-17-32(28)34/h5-6,8,10-11,13-15,17,22,25,31,34,38H,12,16,18-21,23-24H2,1-4H3/t25-,31-,34+/m1/s1. The highest BCUT2D eigenvalue weighted by Gasteiger charge is 2.32. The number of phenolic OH excluding ortho intramolecular Hbond substituents is 1. The van der Waals surface area contributed by atoms with Crippen molar-refractivity contribution in [2.75, 3.05) is 39.3 Å². The van der Waals surface area contributed by atoms with Crippen molar-refractivity contribution >= 4 is 5.97 Å². The van der Waals surface area contributed by atoms with Crippen LogP contribution in [0.25, 0.3) is 0 Å². The number of nitrogens with zero attached hydrogens (tertiary/aromatic N) is 2. The average molecular weight is 555 g/mol. The van der Waals surface area contributed by atoms with E-state index in [0.717, 1.165) is 44.8 Å². The molecule has 216 valence electrons. The first-order valence-electron chi connectivity index (χ1n) is 14.8. The number of fused-ring (bicyclic) bond motifs is 1. The van der Waals surface area contributed by atoms with Crippen molar-refractivity contribution in [3.05, 3.63) is 95.1 Å². The molecule has 0 bridgehead atoms. The number of rotatable bonds is 8. The molecule has 1 heterocycles. The molecule has 41 heavy (non-hydrogen) atoms. The molecule has 0 radical (unpaired) electrons. The number of carbonyl (C=O) groups is 1. The van der Waals surface area contributed by atoms with Crippen molar-refractivity contribution in [2.45, 2.75) is 64.0 Å². The summed E-state index contributed by atoms with van der Waals surface area (Å²) < 4.78 is 11.7. The third-order valence-electron chi connectivity index (χ3n) is 8.19. The van der Waals surface area contributed by atoms with E-state index in [1.54, 1.807) is 6.07 Å².